The number of aliphatic carboxylic acids is 1. The average molecular weight is 262 g/mol. The molecule has 0 fully saturated rings. The third kappa shape index (κ3) is 2.56. The predicted octanol–water partition coefficient (Wildman–Crippen LogP) is 2.87. The lowest BCUT2D eigenvalue weighted by molar-refractivity contribution is -0.139. The van der Waals surface area contributed by atoms with Gasteiger partial charge in [-0.05, 0) is 26.0 Å². The van der Waals surface area contributed by atoms with Gasteiger partial charge in [-0.2, -0.15) is 0 Å². The Morgan fingerprint density at radius 2 is 2.06 bits per heavy atom. The highest BCUT2D eigenvalue weighted by Gasteiger charge is 2.42. The quantitative estimate of drug-likeness (QED) is 0.876. The minimum atomic E-state index is -0.856. The monoisotopic (exact) mass is 261 g/mol. The van der Waals surface area contributed by atoms with E-state index < -0.39 is 16.9 Å². The van der Waals surface area contributed by atoms with Crippen LogP contribution < -0.4 is 5.73 Å². The summed E-state index contributed by atoms with van der Waals surface area (Å²) in [4.78, 5) is 11.9. The van der Waals surface area contributed by atoms with E-state index in [1.165, 1.54) is 11.3 Å². The third-order valence-corrected chi connectivity index (χ3v) is 4.54. The lowest BCUT2D eigenvalue weighted by atomic mass is 9.70. The summed E-state index contributed by atoms with van der Waals surface area (Å²) in [5.74, 6) is -0.856. The Balaban J connectivity index is 3.19. The Labute approximate surface area is 104 Å². The van der Waals surface area contributed by atoms with Crippen LogP contribution in [0.2, 0.25) is 4.34 Å². The van der Waals surface area contributed by atoms with Crippen molar-refractivity contribution in [3.05, 3.63) is 21.3 Å². The number of rotatable bonds is 4. The van der Waals surface area contributed by atoms with Gasteiger partial charge < -0.3 is 10.8 Å². The number of thiophene rings is 1. The molecule has 1 atom stereocenters. The van der Waals surface area contributed by atoms with Gasteiger partial charge in [0.25, 0.3) is 0 Å². The van der Waals surface area contributed by atoms with Crippen LogP contribution in [0.1, 0.15) is 32.1 Å². The number of hydrogen-bond donors (Lipinski definition) is 2. The molecule has 3 N–H and O–H groups in total. The number of nitrogens with two attached hydrogens (primary N) is 1. The minimum Gasteiger partial charge on any atom is -0.481 e. The van der Waals surface area contributed by atoms with Crippen LogP contribution in [0.4, 0.5) is 0 Å². The Hall–Kier alpha value is -0.580. The fourth-order valence-corrected chi connectivity index (χ4v) is 2.90. The second kappa shape index (κ2) is 4.35. The lowest BCUT2D eigenvalue weighted by Crippen LogP contribution is -2.52. The molecule has 0 saturated heterocycles. The Morgan fingerprint density at radius 1 is 1.50 bits per heavy atom. The third-order valence-electron chi connectivity index (χ3n) is 3.04. The van der Waals surface area contributed by atoms with Gasteiger partial charge in [0.2, 0.25) is 0 Å². The molecule has 16 heavy (non-hydrogen) atoms. The first-order chi connectivity index (χ1) is 7.17. The van der Waals surface area contributed by atoms with Crippen LogP contribution >= 0.6 is 22.9 Å². The summed E-state index contributed by atoms with van der Waals surface area (Å²) in [7, 11) is 0. The van der Waals surface area contributed by atoms with Crippen molar-refractivity contribution in [3.63, 3.8) is 0 Å². The second-order valence-corrected chi connectivity index (χ2v) is 6.44. The minimum absolute atomic E-state index is 0.00660. The maximum absolute atomic E-state index is 11.0. The molecule has 0 aliphatic carbocycles. The molecule has 0 radical (unpaired) electrons. The summed E-state index contributed by atoms with van der Waals surface area (Å²) in [5, 5.41) is 9.00. The molecular formula is C11H16ClNO2S. The second-order valence-electron chi connectivity index (χ2n) is 4.73. The highest BCUT2D eigenvalue weighted by atomic mass is 35.5. The molecule has 0 bridgehead atoms. The molecule has 1 aromatic rings. The zero-order chi connectivity index (χ0) is 12.6. The molecular weight excluding hydrogens is 246 g/mol. The van der Waals surface area contributed by atoms with Gasteiger partial charge in [0.05, 0.1) is 10.8 Å². The number of carboxylic acids is 1. The van der Waals surface area contributed by atoms with Crippen LogP contribution in [-0.4, -0.2) is 16.6 Å². The molecule has 1 rings (SSSR count). The van der Waals surface area contributed by atoms with Crippen molar-refractivity contribution in [2.45, 2.75) is 38.1 Å². The van der Waals surface area contributed by atoms with E-state index in [9.17, 15) is 4.79 Å². The van der Waals surface area contributed by atoms with Gasteiger partial charge in [0.1, 0.15) is 0 Å². The summed E-state index contributed by atoms with van der Waals surface area (Å²) < 4.78 is 0.649. The fourth-order valence-electron chi connectivity index (χ4n) is 1.55. The molecule has 1 heterocycles. The summed E-state index contributed by atoms with van der Waals surface area (Å²) in [5.41, 5.74) is 4.86. The van der Waals surface area contributed by atoms with Gasteiger partial charge in [0, 0.05) is 15.8 Å². The van der Waals surface area contributed by atoms with Gasteiger partial charge >= 0.3 is 5.97 Å². The van der Waals surface area contributed by atoms with Gasteiger partial charge in [0.15, 0.2) is 0 Å². The van der Waals surface area contributed by atoms with Gasteiger partial charge in [-0.1, -0.05) is 18.5 Å². The van der Waals surface area contributed by atoms with E-state index in [2.05, 4.69) is 0 Å². The largest absolute Gasteiger partial charge is 0.481 e. The number of hydrogen-bond acceptors (Lipinski definition) is 3. The topological polar surface area (TPSA) is 63.3 Å². The molecule has 3 nitrogen and oxygen atoms in total. The first-order valence-corrected chi connectivity index (χ1v) is 6.13. The molecule has 0 aliphatic heterocycles. The maximum atomic E-state index is 11.0. The average Bonchev–Trinajstić information content (AvgIpc) is 2.48. The predicted molar refractivity (Wildman–Crippen MR) is 67.2 cm³/mol. The van der Waals surface area contributed by atoms with E-state index in [0.717, 1.165) is 4.88 Å². The molecule has 5 heteroatoms. The number of carboxylic acid groups (broad SMARTS) is 1. The molecule has 90 valence electrons. The fraction of sp³-hybridized carbons (Fsp3) is 0.545. The lowest BCUT2D eigenvalue weighted by Gasteiger charge is -2.40. The van der Waals surface area contributed by atoms with E-state index in [-0.39, 0.29) is 6.42 Å². The van der Waals surface area contributed by atoms with E-state index >= 15 is 0 Å². The number of carbonyl (C=O) groups is 1. The maximum Gasteiger partial charge on any atom is 0.304 e. The highest BCUT2D eigenvalue weighted by Crippen LogP contribution is 2.41. The van der Waals surface area contributed by atoms with Crippen molar-refractivity contribution < 1.29 is 9.90 Å². The van der Waals surface area contributed by atoms with Crippen molar-refractivity contribution in [2.24, 2.45) is 5.73 Å². The molecule has 0 aliphatic rings. The SMILES string of the molecule is CC(C)(N)C(C)(CC(=O)O)c1ccc(Cl)s1. The van der Waals surface area contributed by atoms with E-state index in [1.54, 1.807) is 6.07 Å². The first kappa shape index (κ1) is 13.5. The van der Waals surface area contributed by atoms with Crippen molar-refractivity contribution in [1.82, 2.24) is 0 Å². The molecule has 0 amide bonds. The first-order valence-electron chi connectivity index (χ1n) is 4.93. The summed E-state index contributed by atoms with van der Waals surface area (Å²) >= 11 is 7.27. The van der Waals surface area contributed by atoms with E-state index in [0.29, 0.717) is 4.34 Å². The highest BCUT2D eigenvalue weighted by molar-refractivity contribution is 7.16. The van der Waals surface area contributed by atoms with Gasteiger partial charge in [-0.3, -0.25) is 4.79 Å². The summed E-state index contributed by atoms with van der Waals surface area (Å²) in [6.07, 6.45) is -0.00660. The van der Waals surface area contributed by atoms with Crippen molar-refractivity contribution in [1.29, 1.82) is 0 Å². The Bertz CT molecular complexity index is 397. The molecule has 0 aromatic carbocycles. The molecule has 0 saturated carbocycles. The van der Waals surface area contributed by atoms with E-state index in [1.807, 2.05) is 26.8 Å². The zero-order valence-corrected chi connectivity index (χ0v) is 11.2. The normalized spacial score (nSPS) is 15.8. The van der Waals surface area contributed by atoms with Crippen molar-refractivity contribution in [2.75, 3.05) is 0 Å². The Morgan fingerprint density at radius 3 is 2.38 bits per heavy atom. The molecule has 1 unspecified atom stereocenters. The molecule has 1 aromatic heterocycles. The molecule has 0 spiro atoms. The zero-order valence-electron chi connectivity index (χ0n) is 9.58. The van der Waals surface area contributed by atoms with Crippen LogP contribution in [0, 0.1) is 0 Å². The standard InChI is InChI=1S/C11H16ClNO2S/c1-10(2,13)11(3,6-9(14)15)7-4-5-8(12)16-7/h4-5H,6,13H2,1-3H3,(H,14,15). The Kier molecular flexibility index (Phi) is 3.67. The smallest absolute Gasteiger partial charge is 0.304 e. The van der Waals surface area contributed by atoms with Crippen LogP contribution in [-0.2, 0) is 10.2 Å². The van der Waals surface area contributed by atoms with Crippen molar-refractivity contribution >= 4 is 28.9 Å². The van der Waals surface area contributed by atoms with Crippen LogP contribution in [0.3, 0.4) is 0 Å². The van der Waals surface area contributed by atoms with Crippen LogP contribution in [0.25, 0.3) is 0 Å². The summed E-state index contributed by atoms with van der Waals surface area (Å²) in [6.45, 7) is 5.54. The van der Waals surface area contributed by atoms with Gasteiger partial charge in [-0.25, -0.2) is 0 Å². The summed E-state index contributed by atoms with van der Waals surface area (Å²) in [6, 6.07) is 3.62. The van der Waals surface area contributed by atoms with Crippen LogP contribution in [0.15, 0.2) is 12.1 Å². The van der Waals surface area contributed by atoms with Crippen LogP contribution in [0.5, 0.6) is 0 Å². The van der Waals surface area contributed by atoms with Crippen molar-refractivity contribution in [3.8, 4) is 0 Å². The van der Waals surface area contributed by atoms with E-state index in [4.69, 9.17) is 22.4 Å². The van der Waals surface area contributed by atoms with Gasteiger partial charge in [-0.15, -0.1) is 11.3 Å². The number of halogens is 1.